The van der Waals surface area contributed by atoms with Crippen LogP contribution in [0, 0.1) is 13.8 Å². The van der Waals surface area contributed by atoms with Crippen LogP contribution in [-0.4, -0.2) is 18.4 Å². The molecule has 0 saturated heterocycles. The molecule has 31 heavy (non-hydrogen) atoms. The molecule has 1 heterocycles. The molecule has 0 amide bonds. The van der Waals surface area contributed by atoms with Gasteiger partial charge in [-0.15, -0.1) is 0 Å². The number of aryl methyl sites for hydroxylation is 2. The van der Waals surface area contributed by atoms with E-state index in [1.807, 2.05) is 50.2 Å². The molecule has 0 fully saturated rings. The average Bonchev–Trinajstić information content (AvgIpc) is 3.05. The van der Waals surface area contributed by atoms with Crippen LogP contribution >= 0.6 is 0 Å². The summed E-state index contributed by atoms with van der Waals surface area (Å²) in [5, 5.41) is 0. The number of rotatable bonds is 5. The Labute approximate surface area is 180 Å². The topological polar surface area (TPSA) is 61.8 Å². The number of fused-ring (bicyclic) bond motifs is 1. The van der Waals surface area contributed by atoms with Gasteiger partial charge in [-0.2, -0.15) is 0 Å². The van der Waals surface area contributed by atoms with Crippen LogP contribution in [0.1, 0.15) is 44.3 Å². The van der Waals surface area contributed by atoms with Gasteiger partial charge in [-0.05, 0) is 56.2 Å². The minimum Gasteiger partial charge on any atom is -0.493 e. The molecule has 0 saturated carbocycles. The van der Waals surface area contributed by atoms with Crippen LogP contribution in [0.15, 0.2) is 66.4 Å². The molecule has 3 aromatic carbocycles. The molecular weight excluding hydrogens is 392 g/mol. The molecule has 3 aromatic rings. The molecule has 5 nitrogen and oxygen atoms in total. The van der Waals surface area contributed by atoms with Crippen molar-refractivity contribution in [3.05, 3.63) is 94.2 Å². The summed E-state index contributed by atoms with van der Waals surface area (Å²) < 4.78 is 17.0. The van der Waals surface area contributed by atoms with Crippen LogP contribution in [0.3, 0.4) is 0 Å². The fourth-order valence-corrected chi connectivity index (χ4v) is 3.53. The predicted octanol–water partition coefficient (Wildman–Crippen LogP) is 5.54. The number of carbonyl (C=O) groups is 2. The molecule has 0 unspecified atom stereocenters. The molecule has 1 aliphatic heterocycles. The standard InChI is InChI=1S/C26H22O5/c1-4-29-21-12-8-6-10-18(21)14-23-25(27)24-17(3)13-19(15-22(24)31-23)30-26(28)20-11-7-5-9-16(20)2/h5-15H,4H2,1-3H3/b23-14-. The van der Waals surface area contributed by atoms with Crippen molar-refractivity contribution in [1.29, 1.82) is 0 Å². The third-order valence-corrected chi connectivity index (χ3v) is 5.02. The first-order valence-electron chi connectivity index (χ1n) is 10.1. The highest BCUT2D eigenvalue weighted by atomic mass is 16.5. The Morgan fingerprint density at radius 1 is 1.00 bits per heavy atom. The van der Waals surface area contributed by atoms with E-state index in [9.17, 15) is 9.59 Å². The van der Waals surface area contributed by atoms with Gasteiger partial charge in [-0.1, -0.05) is 36.4 Å². The number of allylic oxidation sites excluding steroid dienone is 1. The van der Waals surface area contributed by atoms with Crippen molar-refractivity contribution in [3.63, 3.8) is 0 Å². The van der Waals surface area contributed by atoms with Crippen molar-refractivity contribution in [2.24, 2.45) is 0 Å². The van der Waals surface area contributed by atoms with Crippen LogP contribution in [0.5, 0.6) is 17.2 Å². The number of Topliss-reactive ketones (excluding diaryl/α,β-unsaturated/α-hetero) is 1. The summed E-state index contributed by atoms with van der Waals surface area (Å²) in [5.41, 5.74) is 3.22. The molecule has 4 rings (SSSR count). The van der Waals surface area contributed by atoms with E-state index in [1.165, 1.54) is 0 Å². The summed E-state index contributed by atoms with van der Waals surface area (Å²) in [5.74, 6) is 0.909. The Bertz CT molecular complexity index is 1210. The van der Waals surface area contributed by atoms with E-state index in [0.717, 1.165) is 11.1 Å². The van der Waals surface area contributed by atoms with E-state index < -0.39 is 5.97 Å². The van der Waals surface area contributed by atoms with Crippen molar-refractivity contribution < 1.29 is 23.8 Å². The second-order valence-corrected chi connectivity index (χ2v) is 7.23. The largest absolute Gasteiger partial charge is 0.493 e. The maximum atomic E-state index is 12.9. The lowest BCUT2D eigenvalue weighted by Gasteiger charge is -2.09. The molecule has 156 valence electrons. The van der Waals surface area contributed by atoms with Crippen molar-refractivity contribution >= 4 is 17.8 Å². The summed E-state index contributed by atoms with van der Waals surface area (Å²) in [6, 6.07) is 17.9. The van der Waals surface area contributed by atoms with Crippen LogP contribution in [0.2, 0.25) is 0 Å². The first kappa shape index (κ1) is 20.4. The molecule has 0 radical (unpaired) electrons. The zero-order chi connectivity index (χ0) is 22.0. The zero-order valence-electron chi connectivity index (χ0n) is 17.6. The second kappa shape index (κ2) is 8.48. The number of hydrogen-bond acceptors (Lipinski definition) is 5. The quantitative estimate of drug-likeness (QED) is 0.312. The van der Waals surface area contributed by atoms with Gasteiger partial charge in [-0.3, -0.25) is 4.79 Å². The minimum absolute atomic E-state index is 0.202. The Hall–Kier alpha value is -3.86. The smallest absolute Gasteiger partial charge is 0.343 e. The molecule has 1 aliphatic rings. The fourth-order valence-electron chi connectivity index (χ4n) is 3.53. The molecule has 0 atom stereocenters. The molecular formula is C26H22O5. The first-order valence-corrected chi connectivity index (χ1v) is 10.1. The van der Waals surface area contributed by atoms with E-state index in [4.69, 9.17) is 14.2 Å². The number of benzene rings is 3. The third kappa shape index (κ3) is 4.08. The van der Waals surface area contributed by atoms with E-state index in [2.05, 4.69) is 0 Å². The van der Waals surface area contributed by atoms with E-state index in [1.54, 1.807) is 37.3 Å². The SMILES string of the molecule is CCOc1ccccc1/C=C1\Oc2cc(OC(=O)c3ccccc3C)cc(C)c2C1=O. The van der Waals surface area contributed by atoms with Gasteiger partial charge in [0.2, 0.25) is 5.78 Å². The second-order valence-electron chi connectivity index (χ2n) is 7.23. The molecule has 0 aromatic heterocycles. The van der Waals surface area contributed by atoms with Gasteiger partial charge in [-0.25, -0.2) is 4.79 Å². The predicted molar refractivity (Wildman–Crippen MR) is 118 cm³/mol. The van der Waals surface area contributed by atoms with Crippen molar-refractivity contribution in [2.45, 2.75) is 20.8 Å². The number of carbonyl (C=O) groups excluding carboxylic acids is 2. The number of ether oxygens (including phenoxy) is 3. The minimum atomic E-state index is -0.455. The summed E-state index contributed by atoms with van der Waals surface area (Å²) >= 11 is 0. The number of hydrogen-bond donors (Lipinski definition) is 0. The van der Waals surface area contributed by atoms with Gasteiger partial charge in [0.15, 0.2) is 5.76 Å². The van der Waals surface area contributed by atoms with Gasteiger partial charge in [0, 0.05) is 11.6 Å². The summed E-state index contributed by atoms with van der Waals surface area (Å²) in [6.45, 7) is 6.07. The Balaban J connectivity index is 1.63. The number of ketones is 1. The van der Waals surface area contributed by atoms with Crippen molar-refractivity contribution in [2.75, 3.05) is 6.61 Å². The highest BCUT2D eigenvalue weighted by molar-refractivity contribution is 6.15. The first-order chi connectivity index (χ1) is 15.0. The molecule has 0 aliphatic carbocycles. The maximum Gasteiger partial charge on any atom is 0.343 e. The normalized spacial score (nSPS) is 13.6. The molecule has 0 N–H and O–H groups in total. The Morgan fingerprint density at radius 3 is 2.52 bits per heavy atom. The maximum absolute atomic E-state index is 12.9. The van der Waals surface area contributed by atoms with Gasteiger partial charge >= 0.3 is 5.97 Å². The molecule has 0 bridgehead atoms. The monoisotopic (exact) mass is 414 g/mol. The highest BCUT2D eigenvalue weighted by Gasteiger charge is 2.30. The van der Waals surface area contributed by atoms with Crippen LogP contribution in [0.25, 0.3) is 6.08 Å². The zero-order valence-corrected chi connectivity index (χ0v) is 17.6. The average molecular weight is 414 g/mol. The lowest BCUT2D eigenvalue weighted by atomic mass is 10.0. The van der Waals surface area contributed by atoms with Gasteiger partial charge < -0.3 is 14.2 Å². The van der Waals surface area contributed by atoms with Crippen LogP contribution in [-0.2, 0) is 0 Å². The third-order valence-electron chi connectivity index (χ3n) is 5.02. The molecule has 5 heteroatoms. The van der Waals surface area contributed by atoms with Crippen molar-refractivity contribution in [3.8, 4) is 17.2 Å². The Morgan fingerprint density at radius 2 is 1.74 bits per heavy atom. The lowest BCUT2D eigenvalue weighted by Crippen LogP contribution is -2.10. The fraction of sp³-hybridized carbons (Fsp3) is 0.154. The summed E-state index contributed by atoms with van der Waals surface area (Å²) in [6.07, 6.45) is 1.67. The number of esters is 1. The van der Waals surface area contributed by atoms with Crippen LogP contribution in [0.4, 0.5) is 0 Å². The summed E-state index contributed by atoms with van der Waals surface area (Å²) in [4.78, 5) is 25.5. The van der Waals surface area contributed by atoms with E-state index >= 15 is 0 Å². The lowest BCUT2D eigenvalue weighted by molar-refractivity contribution is 0.0733. The Kier molecular flexibility index (Phi) is 5.58. The van der Waals surface area contributed by atoms with Gasteiger partial charge in [0.25, 0.3) is 0 Å². The summed E-state index contributed by atoms with van der Waals surface area (Å²) in [7, 11) is 0. The van der Waals surface area contributed by atoms with Gasteiger partial charge in [0.05, 0.1) is 17.7 Å². The van der Waals surface area contributed by atoms with Crippen molar-refractivity contribution in [1.82, 2.24) is 0 Å². The van der Waals surface area contributed by atoms with E-state index in [0.29, 0.717) is 40.5 Å². The van der Waals surface area contributed by atoms with Crippen LogP contribution < -0.4 is 14.2 Å². The molecule has 0 spiro atoms. The number of para-hydroxylation sites is 1. The highest BCUT2D eigenvalue weighted by Crippen LogP contribution is 2.38. The van der Waals surface area contributed by atoms with E-state index in [-0.39, 0.29) is 11.5 Å². The van der Waals surface area contributed by atoms with Gasteiger partial charge in [0.1, 0.15) is 17.2 Å².